The molecule has 0 spiro atoms. The summed E-state index contributed by atoms with van der Waals surface area (Å²) in [5.74, 6) is 0. The standard InChI is InChI=1S/C6H4Br3.C5H5.Co/c7-6(8,9)5-3-1-2-4-5;1-2-4-5-3-1;/h1-4H;1-5H;/q-1;-5;. The first kappa shape index (κ1) is 15.6. The van der Waals surface area contributed by atoms with Crippen molar-refractivity contribution in [3.05, 3.63) is 60.2 Å². The average Bonchev–Trinajstić information content (AvgIpc) is 2.80. The number of hydrogen-bond acceptors (Lipinski definition) is 0. The normalized spacial score (nSPS) is 9.80. The van der Waals surface area contributed by atoms with Gasteiger partial charge in [0.05, 0.1) is 0 Å². The van der Waals surface area contributed by atoms with Crippen LogP contribution in [0.15, 0.2) is 54.6 Å². The molecule has 0 atom stereocenters. The first-order chi connectivity index (χ1) is 6.61. The summed E-state index contributed by atoms with van der Waals surface area (Å²) in [6.07, 6.45) is 0. The van der Waals surface area contributed by atoms with Crippen molar-refractivity contribution in [1.29, 1.82) is 0 Å². The maximum absolute atomic E-state index is 3.40. The van der Waals surface area contributed by atoms with Crippen LogP contribution in [0, 0.1) is 0 Å². The minimum atomic E-state index is -0.240. The molecule has 0 heterocycles. The van der Waals surface area contributed by atoms with E-state index in [1.807, 2.05) is 54.6 Å². The van der Waals surface area contributed by atoms with E-state index >= 15 is 0 Å². The van der Waals surface area contributed by atoms with E-state index < -0.39 is 0 Å². The van der Waals surface area contributed by atoms with Crippen molar-refractivity contribution in [2.75, 3.05) is 0 Å². The molecule has 0 saturated carbocycles. The van der Waals surface area contributed by atoms with E-state index in [2.05, 4.69) is 47.8 Å². The Morgan fingerprint density at radius 3 is 1.33 bits per heavy atom. The third kappa shape index (κ3) is 6.74. The summed E-state index contributed by atoms with van der Waals surface area (Å²) >= 11 is 10.2. The topological polar surface area (TPSA) is 0 Å². The van der Waals surface area contributed by atoms with Crippen LogP contribution in [0.3, 0.4) is 0 Å². The van der Waals surface area contributed by atoms with Gasteiger partial charge in [-0.2, -0.15) is 12.1 Å². The minimum absolute atomic E-state index is 0. The fraction of sp³-hybridized carbons (Fsp3) is 0.0909. The zero-order valence-electron chi connectivity index (χ0n) is 7.66. The second-order valence-corrected chi connectivity index (χ2v) is 9.39. The van der Waals surface area contributed by atoms with Crippen LogP contribution >= 0.6 is 47.8 Å². The maximum atomic E-state index is 3.40. The molecule has 89 valence electrons. The molecule has 0 aliphatic rings. The van der Waals surface area contributed by atoms with Gasteiger partial charge in [-0.05, 0) is 0 Å². The van der Waals surface area contributed by atoms with E-state index in [0.29, 0.717) is 0 Å². The summed E-state index contributed by atoms with van der Waals surface area (Å²) in [6, 6.07) is 18.0. The third-order valence-electron chi connectivity index (χ3n) is 1.55. The molecular formula is C11H9Br3Co-6. The van der Waals surface area contributed by atoms with Crippen LogP contribution in [-0.4, -0.2) is 0 Å². The average molecular weight is 440 g/mol. The molecule has 2 rings (SSSR count). The number of hydrogen-bond donors (Lipinski definition) is 0. The quantitative estimate of drug-likeness (QED) is 0.395. The Kier molecular flexibility index (Phi) is 8.18. The van der Waals surface area contributed by atoms with E-state index in [-0.39, 0.29) is 18.9 Å². The smallest absolute Gasteiger partial charge is 0.117 e. The molecule has 0 nitrogen and oxygen atoms in total. The van der Waals surface area contributed by atoms with Crippen molar-refractivity contribution >= 4 is 47.8 Å². The van der Waals surface area contributed by atoms with Crippen molar-refractivity contribution in [2.45, 2.75) is 2.14 Å². The Bertz CT molecular complexity index is 302. The Hall–Kier alpha value is 0.646. The summed E-state index contributed by atoms with van der Waals surface area (Å²) in [4.78, 5) is 0. The van der Waals surface area contributed by atoms with Crippen molar-refractivity contribution in [1.82, 2.24) is 0 Å². The predicted octanol–water partition coefficient (Wildman–Crippen LogP) is 5.10. The first-order valence-corrected chi connectivity index (χ1v) is 6.44. The van der Waals surface area contributed by atoms with Crippen LogP contribution in [0.4, 0.5) is 0 Å². The monoisotopic (exact) mass is 437 g/mol. The van der Waals surface area contributed by atoms with Gasteiger partial charge in [-0.3, -0.25) is 0 Å². The molecule has 0 aliphatic heterocycles. The van der Waals surface area contributed by atoms with E-state index in [4.69, 9.17) is 0 Å². The Morgan fingerprint density at radius 1 is 0.800 bits per heavy atom. The molecule has 2 aromatic carbocycles. The molecular weight excluding hydrogens is 431 g/mol. The van der Waals surface area contributed by atoms with Gasteiger partial charge in [0.15, 0.2) is 0 Å². The number of halogens is 3. The molecule has 0 amide bonds. The molecule has 0 unspecified atom stereocenters. The zero-order valence-corrected chi connectivity index (χ0v) is 13.5. The van der Waals surface area contributed by atoms with Crippen molar-refractivity contribution in [2.24, 2.45) is 0 Å². The van der Waals surface area contributed by atoms with Gasteiger partial charge in [0, 0.05) is 16.8 Å². The Balaban J connectivity index is 0.000000280. The molecule has 15 heavy (non-hydrogen) atoms. The van der Waals surface area contributed by atoms with Gasteiger partial charge in [-0.1, -0.05) is 47.8 Å². The molecule has 4 heteroatoms. The van der Waals surface area contributed by atoms with Gasteiger partial charge in [-0.15, -0.1) is 5.56 Å². The van der Waals surface area contributed by atoms with Gasteiger partial charge in [0.1, 0.15) is 2.14 Å². The Morgan fingerprint density at radius 2 is 1.13 bits per heavy atom. The van der Waals surface area contributed by atoms with Crippen LogP contribution in [0.2, 0.25) is 0 Å². The number of alkyl halides is 3. The van der Waals surface area contributed by atoms with Crippen LogP contribution in [-0.2, 0) is 18.9 Å². The van der Waals surface area contributed by atoms with Crippen LogP contribution in [0.1, 0.15) is 5.56 Å². The van der Waals surface area contributed by atoms with Gasteiger partial charge in [0.25, 0.3) is 0 Å². The van der Waals surface area contributed by atoms with Crippen LogP contribution in [0.25, 0.3) is 0 Å². The van der Waals surface area contributed by atoms with Gasteiger partial charge in [0.2, 0.25) is 0 Å². The van der Waals surface area contributed by atoms with Gasteiger partial charge in [-0.25, -0.2) is 12.1 Å². The summed E-state index contributed by atoms with van der Waals surface area (Å²) in [5.41, 5.74) is 1.17. The Labute approximate surface area is 126 Å². The van der Waals surface area contributed by atoms with Crippen LogP contribution in [0.5, 0.6) is 0 Å². The van der Waals surface area contributed by atoms with E-state index in [9.17, 15) is 0 Å². The maximum Gasteiger partial charge on any atom is 0.117 e. The molecule has 0 aromatic heterocycles. The fourth-order valence-corrected chi connectivity index (χ4v) is 1.68. The summed E-state index contributed by atoms with van der Waals surface area (Å²) in [5, 5.41) is 0. The van der Waals surface area contributed by atoms with Gasteiger partial charge >= 0.3 is 0 Å². The molecule has 0 aliphatic carbocycles. The summed E-state index contributed by atoms with van der Waals surface area (Å²) in [6.45, 7) is 0. The van der Waals surface area contributed by atoms with E-state index in [1.165, 1.54) is 5.56 Å². The molecule has 0 bridgehead atoms. The van der Waals surface area contributed by atoms with Crippen molar-refractivity contribution in [3.8, 4) is 0 Å². The van der Waals surface area contributed by atoms with Crippen molar-refractivity contribution in [3.63, 3.8) is 0 Å². The second-order valence-electron chi connectivity index (χ2n) is 2.63. The summed E-state index contributed by atoms with van der Waals surface area (Å²) in [7, 11) is 0. The molecule has 0 fully saturated rings. The van der Waals surface area contributed by atoms with Crippen molar-refractivity contribution < 1.29 is 16.8 Å². The molecule has 0 N–H and O–H groups in total. The molecule has 1 radical (unpaired) electrons. The number of rotatable bonds is 0. The first-order valence-electron chi connectivity index (χ1n) is 4.06. The fourth-order valence-electron chi connectivity index (χ4n) is 0.884. The SMILES string of the molecule is BrC(Br)(Br)[c-]1cccc1.[Co].[cH-]1[cH-][cH-][cH-][cH-]1. The minimum Gasteiger partial charge on any atom is -0.748 e. The second kappa shape index (κ2) is 7.84. The van der Waals surface area contributed by atoms with E-state index in [0.717, 1.165) is 0 Å². The summed E-state index contributed by atoms with van der Waals surface area (Å²) < 4.78 is -0.240. The third-order valence-corrected chi connectivity index (χ3v) is 2.92. The molecule has 2 aromatic rings. The van der Waals surface area contributed by atoms with Crippen LogP contribution < -0.4 is 0 Å². The van der Waals surface area contributed by atoms with E-state index in [1.54, 1.807) is 0 Å². The van der Waals surface area contributed by atoms with Gasteiger partial charge < -0.3 is 30.3 Å². The zero-order chi connectivity index (χ0) is 10.4. The predicted molar refractivity (Wildman–Crippen MR) is 72.5 cm³/mol. The largest absolute Gasteiger partial charge is 0.748 e. The molecule has 0 saturated heterocycles.